The summed E-state index contributed by atoms with van der Waals surface area (Å²) in [5.41, 5.74) is 7.34. The predicted molar refractivity (Wildman–Crippen MR) is 88.9 cm³/mol. The first-order valence-corrected chi connectivity index (χ1v) is 6.77. The summed E-state index contributed by atoms with van der Waals surface area (Å²) in [6.07, 6.45) is 3.64. The third-order valence-corrected chi connectivity index (χ3v) is 3.38. The van der Waals surface area contributed by atoms with Gasteiger partial charge in [-0.1, -0.05) is 24.3 Å². The molecule has 0 fully saturated rings. The van der Waals surface area contributed by atoms with Gasteiger partial charge in [-0.2, -0.15) is 9.69 Å². The Labute approximate surface area is 135 Å². The second kappa shape index (κ2) is 6.10. The van der Waals surface area contributed by atoms with Crippen LogP contribution in [-0.2, 0) is 4.74 Å². The van der Waals surface area contributed by atoms with Crippen LogP contribution in [0, 0.1) is 19.7 Å². The molecule has 5 heteroatoms. The maximum Gasteiger partial charge on any atom is 0.550 e. The van der Waals surface area contributed by atoms with Crippen LogP contribution in [-0.4, -0.2) is 5.60 Å². The molecule has 0 saturated heterocycles. The minimum Gasteiger partial charge on any atom is -0.499 e. The van der Waals surface area contributed by atoms with E-state index in [1.807, 2.05) is 18.2 Å². The van der Waals surface area contributed by atoms with E-state index >= 15 is 0 Å². The Hall–Kier alpha value is -3.49. The van der Waals surface area contributed by atoms with Crippen LogP contribution in [0.5, 0.6) is 0 Å². The molecular weight excluding hydrogens is 288 g/mol. The largest absolute Gasteiger partial charge is 0.550 e. The average molecular weight is 302 g/mol. The van der Waals surface area contributed by atoms with Crippen molar-refractivity contribution in [3.63, 3.8) is 0 Å². The van der Waals surface area contributed by atoms with Gasteiger partial charge in [-0.3, -0.25) is 0 Å². The summed E-state index contributed by atoms with van der Waals surface area (Å²) in [5.74, 6) is -0.160. The molecule has 1 aromatic carbocycles. The molecule has 0 aromatic heterocycles. The van der Waals surface area contributed by atoms with Gasteiger partial charge in [0.15, 0.2) is 0 Å². The standard InChI is InChI=1S/C18H14N4O/c1-18(2)14(11-8-12-6-9-13(19)10-7-12)15(20-3)16(23-18)17(21-4)22-5/h6-11H,19H2,1-2H3/b11-8+. The molecule has 23 heavy (non-hydrogen) atoms. The van der Waals surface area contributed by atoms with Crippen molar-refractivity contribution in [3.05, 3.63) is 93.0 Å². The van der Waals surface area contributed by atoms with E-state index in [-0.39, 0.29) is 17.3 Å². The van der Waals surface area contributed by atoms with Crippen molar-refractivity contribution in [2.24, 2.45) is 0 Å². The fraction of sp³-hybridized carbons (Fsp3) is 0.167. The first kappa shape index (κ1) is 15.9. The zero-order valence-corrected chi connectivity index (χ0v) is 12.8. The highest BCUT2D eigenvalue weighted by Crippen LogP contribution is 2.41. The van der Waals surface area contributed by atoms with Gasteiger partial charge >= 0.3 is 5.82 Å². The molecule has 0 atom stereocenters. The quantitative estimate of drug-likeness (QED) is 0.655. The number of nitrogens with zero attached hydrogens (tertiary/aromatic N) is 3. The topological polar surface area (TPSA) is 48.3 Å². The minimum absolute atomic E-state index is 0.0620. The van der Waals surface area contributed by atoms with Gasteiger partial charge in [0.05, 0.1) is 6.57 Å². The molecule has 0 saturated carbocycles. The SMILES string of the molecule is [C-]#[N+]C([N+]#[C-])=C1OC(C)(C)C(/C=C/c2ccc(N)cc2)=C1[N+]#[C-]. The van der Waals surface area contributed by atoms with Crippen molar-refractivity contribution in [1.29, 1.82) is 0 Å². The number of hydrogen-bond donors (Lipinski definition) is 1. The molecule has 0 radical (unpaired) electrons. The molecule has 1 aliphatic rings. The number of nitrogens with two attached hydrogens (primary N) is 1. The number of anilines is 1. The molecule has 1 aliphatic heterocycles. The molecule has 0 amide bonds. The second-order valence-electron chi connectivity index (χ2n) is 5.36. The van der Waals surface area contributed by atoms with E-state index in [2.05, 4.69) is 14.5 Å². The van der Waals surface area contributed by atoms with Gasteiger partial charge in [0.25, 0.3) is 0 Å². The molecule has 0 aliphatic carbocycles. The van der Waals surface area contributed by atoms with Gasteiger partial charge in [0, 0.05) is 11.3 Å². The van der Waals surface area contributed by atoms with Crippen LogP contribution in [0.1, 0.15) is 19.4 Å². The summed E-state index contributed by atoms with van der Waals surface area (Å²) in [4.78, 5) is 9.78. The Morgan fingerprint density at radius 3 is 2.22 bits per heavy atom. The number of rotatable bonds is 2. The highest BCUT2D eigenvalue weighted by Gasteiger charge is 2.41. The Morgan fingerprint density at radius 2 is 1.70 bits per heavy atom. The van der Waals surface area contributed by atoms with Crippen LogP contribution in [0.15, 0.2) is 53.2 Å². The highest BCUT2D eigenvalue weighted by atomic mass is 16.5. The lowest BCUT2D eigenvalue weighted by atomic mass is 9.97. The predicted octanol–water partition coefficient (Wildman–Crippen LogP) is 4.27. The van der Waals surface area contributed by atoms with E-state index in [1.54, 1.807) is 32.1 Å². The van der Waals surface area contributed by atoms with Gasteiger partial charge in [-0.25, -0.2) is 4.85 Å². The van der Waals surface area contributed by atoms with Gasteiger partial charge in [0.1, 0.15) is 18.7 Å². The Balaban J connectivity index is 2.53. The van der Waals surface area contributed by atoms with Crippen molar-refractivity contribution in [2.45, 2.75) is 19.4 Å². The minimum atomic E-state index is -0.778. The monoisotopic (exact) mass is 302 g/mol. The number of ether oxygens (including phenoxy) is 1. The third-order valence-electron chi connectivity index (χ3n) is 3.38. The van der Waals surface area contributed by atoms with Crippen molar-refractivity contribution in [2.75, 3.05) is 5.73 Å². The van der Waals surface area contributed by atoms with E-state index in [1.165, 1.54) is 0 Å². The Kier molecular flexibility index (Phi) is 4.21. The Morgan fingerprint density at radius 1 is 1.09 bits per heavy atom. The zero-order chi connectivity index (χ0) is 17.0. The van der Waals surface area contributed by atoms with Crippen LogP contribution < -0.4 is 5.73 Å². The fourth-order valence-corrected chi connectivity index (χ4v) is 2.22. The smallest absolute Gasteiger partial charge is 0.499 e. The van der Waals surface area contributed by atoms with Crippen LogP contribution in [0.25, 0.3) is 20.6 Å². The van der Waals surface area contributed by atoms with Gasteiger partial charge < -0.3 is 10.5 Å². The van der Waals surface area contributed by atoms with Crippen LogP contribution >= 0.6 is 0 Å². The van der Waals surface area contributed by atoms with E-state index in [0.29, 0.717) is 11.3 Å². The normalized spacial score (nSPS) is 15.7. The van der Waals surface area contributed by atoms with E-state index in [9.17, 15) is 0 Å². The molecule has 0 unspecified atom stereocenters. The maximum absolute atomic E-state index is 7.39. The lowest BCUT2D eigenvalue weighted by Crippen LogP contribution is -2.20. The van der Waals surface area contributed by atoms with Crippen molar-refractivity contribution < 1.29 is 4.74 Å². The number of hydrogen-bond acceptors (Lipinski definition) is 2. The summed E-state index contributed by atoms with van der Waals surface area (Å²) in [7, 11) is 0. The molecule has 0 bridgehead atoms. The van der Waals surface area contributed by atoms with Gasteiger partial charge in [-0.05, 0) is 31.5 Å². The zero-order valence-electron chi connectivity index (χ0n) is 12.8. The van der Waals surface area contributed by atoms with Crippen molar-refractivity contribution in [1.82, 2.24) is 0 Å². The fourth-order valence-electron chi connectivity index (χ4n) is 2.22. The van der Waals surface area contributed by atoms with Gasteiger partial charge in [-0.15, -0.1) is 0 Å². The Bertz CT molecular complexity index is 834. The number of nitrogen functional groups attached to an aromatic ring is 1. The molecule has 5 nitrogen and oxygen atoms in total. The summed E-state index contributed by atoms with van der Waals surface area (Å²) < 4.78 is 5.71. The van der Waals surface area contributed by atoms with E-state index < -0.39 is 5.60 Å². The third kappa shape index (κ3) is 3.07. The van der Waals surface area contributed by atoms with E-state index in [0.717, 1.165) is 5.56 Å². The summed E-state index contributed by atoms with van der Waals surface area (Å²) in [6.45, 7) is 25.1. The maximum atomic E-state index is 7.39. The lowest BCUT2D eigenvalue weighted by Gasteiger charge is -2.21. The van der Waals surface area contributed by atoms with Crippen LogP contribution in [0.4, 0.5) is 5.69 Å². The summed E-state index contributed by atoms with van der Waals surface area (Å²) >= 11 is 0. The average Bonchev–Trinajstić information content (AvgIpc) is 2.78. The molecule has 2 rings (SSSR count). The summed E-state index contributed by atoms with van der Waals surface area (Å²) in [6, 6.07) is 7.32. The van der Waals surface area contributed by atoms with Crippen molar-refractivity contribution >= 4 is 11.8 Å². The molecule has 112 valence electrons. The molecule has 1 heterocycles. The lowest BCUT2D eigenvalue weighted by molar-refractivity contribution is 0.0951. The first-order chi connectivity index (χ1) is 10.9. The van der Waals surface area contributed by atoms with Crippen LogP contribution in [0.2, 0.25) is 0 Å². The molecule has 1 aromatic rings. The second-order valence-corrected chi connectivity index (χ2v) is 5.36. The van der Waals surface area contributed by atoms with Crippen LogP contribution in [0.3, 0.4) is 0 Å². The number of benzene rings is 1. The molecular formula is C18H14N4O. The molecule has 0 spiro atoms. The van der Waals surface area contributed by atoms with E-state index in [4.69, 9.17) is 30.2 Å². The summed E-state index contributed by atoms with van der Waals surface area (Å²) in [5, 5.41) is 0. The van der Waals surface area contributed by atoms with Crippen molar-refractivity contribution in [3.8, 4) is 0 Å². The highest BCUT2D eigenvalue weighted by molar-refractivity contribution is 5.61. The first-order valence-electron chi connectivity index (χ1n) is 6.77. The molecule has 2 N–H and O–H groups in total. The van der Waals surface area contributed by atoms with Gasteiger partial charge in [0.2, 0.25) is 11.5 Å².